The molecule has 0 saturated heterocycles. The van der Waals surface area contributed by atoms with Crippen LogP contribution in [0.2, 0.25) is 0 Å². The van der Waals surface area contributed by atoms with E-state index in [1.54, 1.807) is 11.8 Å². The Morgan fingerprint density at radius 2 is 1.96 bits per heavy atom. The number of nitriles is 1. The number of nitrogens with one attached hydrogen (secondary N) is 1. The first-order valence-electron chi connectivity index (χ1n) is 7.32. The molecule has 0 unspecified atom stereocenters. The molecule has 23 heavy (non-hydrogen) atoms. The second-order valence-electron chi connectivity index (χ2n) is 5.36. The third-order valence-electron chi connectivity index (χ3n) is 4.05. The van der Waals surface area contributed by atoms with Crippen LogP contribution in [-0.4, -0.2) is 14.5 Å². The van der Waals surface area contributed by atoms with E-state index in [2.05, 4.69) is 20.6 Å². The summed E-state index contributed by atoms with van der Waals surface area (Å²) in [6.45, 7) is 0. The lowest BCUT2D eigenvalue weighted by atomic mass is 10.1. The number of fused-ring (bicyclic) bond motifs is 2. The monoisotopic (exact) mass is 318 g/mol. The molecule has 4 aromatic rings. The zero-order valence-electron chi connectivity index (χ0n) is 12.6. The van der Waals surface area contributed by atoms with Crippen LogP contribution in [0.4, 0.5) is 0 Å². The number of benzene rings is 2. The third kappa shape index (κ3) is 2.28. The molecule has 4 nitrogen and oxygen atoms in total. The minimum absolute atomic E-state index is 0.702. The van der Waals surface area contributed by atoms with Crippen LogP contribution in [0.1, 0.15) is 11.3 Å². The number of H-pyrrole nitrogens is 1. The van der Waals surface area contributed by atoms with Gasteiger partial charge in [-0.1, -0.05) is 42.1 Å². The maximum Gasteiger partial charge on any atom is 0.166 e. The fourth-order valence-electron chi connectivity index (χ4n) is 2.87. The Labute approximate surface area is 137 Å². The van der Waals surface area contributed by atoms with Crippen LogP contribution in [0.25, 0.3) is 21.9 Å². The van der Waals surface area contributed by atoms with Crippen molar-refractivity contribution in [1.29, 1.82) is 5.26 Å². The Bertz CT molecular complexity index is 1020. The van der Waals surface area contributed by atoms with Gasteiger partial charge in [-0.25, -0.2) is 4.98 Å². The third-order valence-corrected chi connectivity index (χ3v) is 4.94. The quantitative estimate of drug-likeness (QED) is 0.575. The van der Waals surface area contributed by atoms with Crippen molar-refractivity contribution in [3.05, 3.63) is 59.8 Å². The average molecular weight is 318 g/mol. The molecule has 5 heteroatoms. The van der Waals surface area contributed by atoms with Gasteiger partial charge in [0, 0.05) is 29.4 Å². The number of para-hydroxylation sites is 3. The van der Waals surface area contributed by atoms with Crippen molar-refractivity contribution < 1.29 is 0 Å². The molecule has 0 fully saturated rings. The second-order valence-corrected chi connectivity index (χ2v) is 6.32. The Kier molecular flexibility index (Phi) is 3.32. The lowest BCUT2D eigenvalue weighted by molar-refractivity contribution is 0.904. The summed E-state index contributed by atoms with van der Waals surface area (Å²) in [7, 11) is 2.01. The molecule has 0 radical (unpaired) electrons. The highest BCUT2D eigenvalue weighted by atomic mass is 32.2. The van der Waals surface area contributed by atoms with Crippen molar-refractivity contribution >= 4 is 33.7 Å². The molecule has 0 atom stereocenters. The number of imidazole rings is 1. The van der Waals surface area contributed by atoms with E-state index < -0.39 is 0 Å². The number of aromatic amines is 1. The van der Waals surface area contributed by atoms with Crippen molar-refractivity contribution in [2.75, 3.05) is 0 Å². The Morgan fingerprint density at radius 1 is 1.17 bits per heavy atom. The van der Waals surface area contributed by atoms with Gasteiger partial charge in [-0.05, 0) is 18.2 Å². The molecule has 0 aliphatic heterocycles. The highest BCUT2D eigenvalue weighted by molar-refractivity contribution is 7.98. The van der Waals surface area contributed by atoms with E-state index in [9.17, 15) is 5.26 Å². The molecule has 2 heterocycles. The van der Waals surface area contributed by atoms with Crippen molar-refractivity contribution in [3.63, 3.8) is 0 Å². The van der Waals surface area contributed by atoms with E-state index in [0.29, 0.717) is 5.75 Å². The Morgan fingerprint density at radius 3 is 2.78 bits per heavy atom. The molecule has 2 aromatic heterocycles. The largest absolute Gasteiger partial charge is 0.346 e. The van der Waals surface area contributed by atoms with Gasteiger partial charge in [-0.15, -0.1) is 0 Å². The van der Waals surface area contributed by atoms with E-state index in [1.807, 2.05) is 55.6 Å². The molecule has 0 bridgehead atoms. The molecule has 0 spiro atoms. The molecule has 0 aliphatic carbocycles. The number of hydrogen-bond acceptors (Lipinski definition) is 3. The molecule has 1 N–H and O–H groups in total. The number of aryl methyl sites for hydroxylation is 1. The van der Waals surface area contributed by atoms with Crippen molar-refractivity contribution in [2.24, 2.45) is 7.05 Å². The molecular formula is C18H14N4S. The zero-order valence-corrected chi connectivity index (χ0v) is 13.4. The lowest BCUT2D eigenvalue weighted by Crippen LogP contribution is -1.96. The van der Waals surface area contributed by atoms with Crippen LogP contribution in [0.5, 0.6) is 0 Å². The van der Waals surface area contributed by atoms with Gasteiger partial charge in [0.2, 0.25) is 0 Å². The predicted molar refractivity (Wildman–Crippen MR) is 93.3 cm³/mol. The molecule has 2 aromatic carbocycles. The van der Waals surface area contributed by atoms with Gasteiger partial charge in [0.25, 0.3) is 0 Å². The summed E-state index contributed by atoms with van der Waals surface area (Å²) in [6, 6.07) is 18.4. The molecule has 0 amide bonds. The minimum atomic E-state index is 0.702. The molecule has 0 aliphatic rings. The summed E-state index contributed by atoms with van der Waals surface area (Å²) in [5, 5.41) is 11.4. The van der Waals surface area contributed by atoms with Crippen molar-refractivity contribution in [3.8, 4) is 6.07 Å². The van der Waals surface area contributed by atoms with Gasteiger partial charge >= 0.3 is 0 Å². The molecule has 0 saturated carbocycles. The second kappa shape index (κ2) is 5.49. The number of thioether (sulfide) groups is 1. The number of nitrogens with zero attached hydrogens (tertiary/aromatic N) is 3. The Balaban J connectivity index is 1.70. The van der Waals surface area contributed by atoms with Gasteiger partial charge in [0.05, 0.1) is 16.6 Å². The van der Waals surface area contributed by atoms with Gasteiger partial charge < -0.3 is 9.55 Å². The first-order valence-corrected chi connectivity index (χ1v) is 8.30. The van der Waals surface area contributed by atoms with Crippen LogP contribution < -0.4 is 0 Å². The number of rotatable bonds is 3. The van der Waals surface area contributed by atoms with Crippen LogP contribution in [0, 0.1) is 11.3 Å². The van der Waals surface area contributed by atoms with Crippen molar-refractivity contribution in [1.82, 2.24) is 14.5 Å². The maximum atomic E-state index is 9.55. The number of aromatic nitrogens is 3. The SMILES string of the molecule is Cn1c(CSc2nc3ccccc3[nH]2)c(C#N)c2ccccc21. The standard InChI is InChI=1S/C18H14N4S/c1-22-16-9-5-2-6-12(16)13(10-19)17(22)11-23-18-20-14-7-3-4-8-15(14)21-18/h2-9H,11H2,1H3,(H,20,21). The fraction of sp³-hybridized carbons (Fsp3) is 0.111. The number of hydrogen-bond donors (Lipinski definition) is 1. The summed E-state index contributed by atoms with van der Waals surface area (Å²) in [6.07, 6.45) is 0. The minimum Gasteiger partial charge on any atom is -0.346 e. The van der Waals surface area contributed by atoms with E-state index in [-0.39, 0.29) is 0 Å². The van der Waals surface area contributed by atoms with Crippen LogP contribution in [0.15, 0.2) is 53.7 Å². The van der Waals surface area contributed by atoms with Crippen LogP contribution in [0.3, 0.4) is 0 Å². The molecular weight excluding hydrogens is 304 g/mol. The Hall–Kier alpha value is -2.71. The zero-order chi connectivity index (χ0) is 15.8. The summed E-state index contributed by atoms with van der Waals surface area (Å²) in [5.41, 5.74) is 4.87. The van der Waals surface area contributed by atoms with Gasteiger partial charge in [-0.2, -0.15) is 5.26 Å². The first-order chi connectivity index (χ1) is 11.3. The van der Waals surface area contributed by atoms with Crippen LogP contribution in [-0.2, 0) is 12.8 Å². The van der Waals surface area contributed by atoms with E-state index in [0.717, 1.165) is 38.4 Å². The van der Waals surface area contributed by atoms with Gasteiger partial charge in [-0.3, -0.25) is 0 Å². The average Bonchev–Trinajstić information content (AvgIpc) is 3.12. The summed E-state index contributed by atoms with van der Waals surface area (Å²) in [4.78, 5) is 7.90. The fourth-order valence-corrected chi connectivity index (χ4v) is 3.83. The molecule has 112 valence electrons. The highest BCUT2D eigenvalue weighted by Gasteiger charge is 2.15. The van der Waals surface area contributed by atoms with Crippen molar-refractivity contribution in [2.45, 2.75) is 10.9 Å². The highest BCUT2D eigenvalue weighted by Crippen LogP contribution is 2.30. The predicted octanol–water partition coefficient (Wildman–Crippen LogP) is 4.22. The lowest BCUT2D eigenvalue weighted by Gasteiger charge is -2.03. The smallest absolute Gasteiger partial charge is 0.166 e. The summed E-state index contributed by atoms with van der Waals surface area (Å²) in [5.74, 6) is 0.702. The van der Waals surface area contributed by atoms with Crippen LogP contribution >= 0.6 is 11.8 Å². The summed E-state index contributed by atoms with van der Waals surface area (Å²) >= 11 is 1.62. The van der Waals surface area contributed by atoms with E-state index >= 15 is 0 Å². The van der Waals surface area contributed by atoms with E-state index in [1.165, 1.54) is 0 Å². The van der Waals surface area contributed by atoms with E-state index in [4.69, 9.17) is 0 Å². The topological polar surface area (TPSA) is 57.4 Å². The first kappa shape index (κ1) is 13.9. The van der Waals surface area contributed by atoms with Gasteiger partial charge in [0.15, 0.2) is 5.16 Å². The summed E-state index contributed by atoms with van der Waals surface area (Å²) < 4.78 is 2.10. The normalized spacial score (nSPS) is 11.1. The molecule has 4 rings (SSSR count). The van der Waals surface area contributed by atoms with Gasteiger partial charge in [0.1, 0.15) is 6.07 Å². The maximum absolute atomic E-state index is 9.55.